The van der Waals surface area contributed by atoms with Gasteiger partial charge in [-0.3, -0.25) is 4.79 Å². The third-order valence-electron chi connectivity index (χ3n) is 4.36. The van der Waals surface area contributed by atoms with E-state index in [1.807, 2.05) is 49.4 Å². The molecule has 0 bridgehead atoms. The first-order valence-electron chi connectivity index (χ1n) is 9.25. The van der Waals surface area contributed by atoms with Gasteiger partial charge in [-0.1, -0.05) is 24.3 Å². The van der Waals surface area contributed by atoms with Crippen LogP contribution in [-0.4, -0.2) is 36.6 Å². The Morgan fingerprint density at radius 2 is 1.83 bits per heavy atom. The maximum atomic E-state index is 12.5. The number of anilines is 2. The van der Waals surface area contributed by atoms with Crippen LogP contribution in [0.25, 0.3) is 0 Å². The third kappa shape index (κ3) is 5.22. The number of hydrogen-bond donors (Lipinski definition) is 2. The summed E-state index contributed by atoms with van der Waals surface area (Å²) in [6, 6.07) is 15.1. The Labute approximate surface area is 170 Å². The highest BCUT2D eigenvalue weighted by atomic mass is 16.5. The molecule has 0 unspecified atom stereocenters. The summed E-state index contributed by atoms with van der Waals surface area (Å²) in [5, 5.41) is 6.00. The van der Waals surface area contributed by atoms with Crippen LogP contribution in [0.3, 0.4) is 0 Å². The van der Waals surface area contributed by atoms with E-state index in [1.54, 1.807) is 26.5 Å². The molecule has 150 valence electrons. The van der Waals surface area contributed by atoms with Gasteiger partial charge in [-0.2, -0.15) is 0 Å². The van der Waals surface area contributed by atoms with Gasteiger partial charge in [-0.25, -0.2) is 9.97 Å². The Morgan fingerprint density at radius 1 is 1.03 bits per heavy atom. The Morgan fingerprint density at radius 3 is 2.62 bits per heavy atom. The number of aryl methyl sites for hydroxylation is 1. The van der Waals surface area contributed by atoms with E-state index >= 15 is 0 Å². The van der Waals surface area contributed by atoms with E-state index in [1.165, 1.54) is 0 Å². The molecular formula is C22H24N4O3. The van der Waals surface area contributed by atoms with Crippen molar-refractivity contribution in [2.24, 2.45) is 0 Å². The molecule has 0 atom stereocenters. The SMILES string of the molecule is COc1ccccc1CCNC(=O)c1ccnc(Nc2cc(C)ccc2OC)n1. The van der Waals surface area contributed by atoms with Gasteiger partial charge in [-0.15, -0.1) is 0 Å². The molecule has 0 radical (unpaired) electrons. The van der Waals surface area contributed by atoms with Crippen LogP contribution in [0.15, 0.2) is 54.7 Å². The Balaban J connectivity index is 1.64. The van der Waals surface area contributed by atoms with Gasteiger partial charge in [0.25, 0.3) is 5.91 Å². The summed E-state index contributed by atoms with van der Waals surface area (Å²) in [7, 11) is 3.23. The maximum Gasteiger partial charge on any atom is 0.270 e. The molecule has 0 spiro atoms. The van der Waals surface area contributed by atoms with E-state index in [4.69, 9.17) is 9.47 Å². The average molecular weight is 392 g/mol. The van der Waals surface area contributed by atoms with Gasteiger partial charge >= 0.3 is 0 Å². The van der Waals surface area contributed by atoms with Gasteiger partial charge < -0.3 is 20.1 Å². The van der Waals surface area contributed by atoms with E-state index in [2.05, 4.69) is 20.6 Å². The fourth-order valence-corrected chi connectivity index (χ4v) is 2.90. The maximum absolute atomic E-state index is 12.5. The number of hydrogen-bond acceptors (Lipinski definition) is 6. The molecule has 1 aromatic heterocycles. The van der Waals surface area contributed by atoms with Gasteiger partial charge in [-0.05, 0) is 48.7 Å². The summed E-state index contributed by atoms with van der Waals surface area (Å²) in [5.41, 5.74) is 3.13. The van der Waals surface area contributed by atoms with Gasteiger partial charge in [0.2, 0.25) is 5.95 Å². The monoisotopic (exact) mass is 392 g/mol. The Kier molecular flexibility index (Phi) is 6.63. The van der Waals surface area contributed by atoms with Crippen LogP contribution in [0.5, 0.6) is 11.5 Å². The summed E-state index contributed by atoms with van der Waals surface area (Å²) in [6.45, 7) is 2.45. The minimum absolute atomic E-state index is 0.262. The fourth-order valence-electron chi connectivity index (χ4n) is 2.90. The predicted octanol–water partition coefficient (Wildman–Crippen LogP) is 3.52. The second-order valence-corrected chi connectivity index (χ2v) is 6.41. The largest absolute Gasteiger partial charge is 0.496 e. The van der Waals surface area contributed by atoms with Crippen LogP contribution in [0, 0.1) is 6.92 Å². The fraction of sp³-hybridized carbons (Fsp3) is 0.227. The van der Waals surface area contributed by atoms with E-state index in [0.29, 0.717) is 24.7 Å². The second-order valence-electron chi connectivity index (χ2n) is 6.41. The molecule has 7 nitrogen and oxygen atoms in total. The van der Waals surface area contributed by atoms with E-state index in [0.717, 1.165) is 22.6 Å². The Hall–Kier alpha value is -3.61. The van der Waals surface area contributed by atoms with Gasteiger partial charge in [0.05, 0.1) is 19.9 Å². The summed E-state index contributed by atoms with van der Waals surface area (Å²) in [4.78, 5) is 21.0. The first-order valence-corrected chi connectivity index (χ1v) is 9.25. The molecule has 0 aliphatic carbocycles. The Bertz CT molecular complexity index is 991. The molecule has 2 aromatic carbocycles. The molecule has 0 saturated heterocycles. The van der Waals surface area contributed by atoms with Crippen molar-refractivity contribution in [3.8, 4) is 11.5 Å². The number of aromatic nitrogens is 2. The van der Waals surface area contributed by atoms with Crippen LogP contribution in [0.1, 0.15) is 21.6 Å². The number of nitrogens with one attached hydrogen (secondary N) is 2. The second kappa shape index (κ2) is 9.54. The van der Waals surface area contributed by atoms with Gasteiger partial charge in [0.1, 0.15) is 17.2 Å². The number of carbonyl (C=O) groups is 1. The lowest BCUT2D eigenvalue weighted by Crippen LogP contribution is -2.26. The number of nitrogens with zero attached hydrogens (tertiary/aromatic N) is 2. The molecule has 0 saturated carbocycles. The van der Waals surface area contributed by atoms with Crippen molar-refractivity contribution >= 4 is 17.5 Å². The molecule has 7 heteroatoms. The van der Waals surface area contributed by atoms with E-state index in [9.17, 15) is 4.79 Å². The van der Waals surface area contributed by atoms with Crippen molar-refractivity contribution in [3.05, 3.63) is 71.5 Å². The van der Waals surface area contributed by atoms with Crippen molar-refractivity contribution in [2.75, 3.05) is 26.1 Å². The van der Waals surface area contributed by atoms with E-state index < -0.39 is 0 Å². The molecule has 0 fully saturated rings. The highest BCUT2D eigenvalue weighted by Crippen LogP contribution is 2.27. The zero-order valence-electron chi connectivity index (χ0n) is 16.7. The third-order valence-corrected chi connectivity index (χ3v) is 4.36. The van der Waals surface area contributed by atoms with Crippen LogP contribution in [0.4, 0.5) is 11.6 Å². The topological polar surface area (TPSA) is 85.4 Å². The lowest BCUT2D eigenvalue weighted by atomic mass is 10.1. The standard InChI is InChI=1S/C22H24N4O3/c1-15-8-9-20(29-3)18(14-15)26-22-24-13-11-17(25-22)21(27)23-12-10-16-6-4-5-7-19(16)28-2/h4-9,11,13-14H,10,12H2,1-3H3,(H,23,27)(H,24,25,26). The minimum atomic E-state index is -0.262. The predicted molar refractivity (Wildman–Crippen MR) is 112 cm³/mol. The zero-order valence-corrected chi connectivity index (χ0v) is 16.7. The lowest BCUT2D eigenvalue weighted by molar-refractivity contribution is 0.0949. The van der Waals surface area contributed by atoms with Gasteiger partial charge in [0, 0.05) is 12.7 Å². The summed E-state index contributed by atoms with van der Waals surface area (Å²) in [5.74, 6) is 1.54. The number of carbonyl (C=O) groups excluding carboxylic acids is 1. The summed E-state index contributed by atoms with van der Waals surface area (Å²) >= 11 is 0. The highest BCUT2D eigenvalue weighted by Gasteiger charge is 2.11. The van der Waals surface area contributed by atoms with Crippen molar-refractivity contribution in [1.82, 2.24) is 15.3 Å². The van der Waals surface area contributed by atoms with Crippen molar-refractivity contribution in [2.45, 2.75) is 13.3 Å². The molecule has 1 heterocycles. The molecule has 2 N–H and O–H groups in total. The number of amides is 1. The van der Waals surface area contributed by atoms with Crippen LogP contribution < -0.4 is 20.1 Å². The van der Waals surface area contributed by atoms with Crippen LogP contribution in [0.2, 0.25) is 0 Å². The zero-order chi connectivity index (χ0) is 20.6. The number of rotatable bonds is 8. The number of methoxy groups -OCH3 is 2. The first kappa shape index (κ1) is 20.1. The van der Waals surface area contributed by atoms with Gasteiger partial charge in [0.15, 0.2) is 0 Å². The molecule has 29 heavy (non-hydrogen) atoms. The minimum Gasteiger partial charge on any atom is -0.496 e. The quantitative estimate of drug-likeness (QED) is 0.610. The number of benzene rings is 2. The van der Waals surface area contributed by atoms with Crippen LogP contribution >= 0.6 is 0 Å². The van der Waals surface area contributed by atoms with Crippen molar-refractivity contribution in [1.29, 1.82) is 0 Å². The average Bonchev–Trinajstić information content (AvgIpc) is 2.74. The number of para-hydroxylation sites is 1. The smallest absolute Gasteiger partial charge is 0.270 e. The van der Waals surface area contributed by atoms with Crippen molar-refractivity contribution in [3.63, 3.8) is 0 Å². The van der Waals surface area contributed by atoms with E-state index in [-0.39, 0.29) is 11.6 Å². The lowest BCUT2D eigenvalue weighted by Gasteiger charge is -2.12. The normalized spacial score (nSPS) is 10.3. The molecular weight excluding hydrogens is 368 g/mol. The molecule has 0 aliphatic rings. The van der Waals surface area contributed by atoms with Crippen molar-refractivity contribution < 1.29 is 14.3 Å². The molecule has 3 rings (SSSR count). The summed E-state index contributed by atoms with van der Waals surface area (Å²) < 4.78 is 10.7. The van der Waals surface area contributed by atoms with Crippen LogP contribution in [-0.2, 0) is 6.42 Å². The summed E-state index contributed by atoms with van der Waals surface area (Å²) in [6.07, 6.45) is 2.21. The first-order chi connectivity index (χ1) is 14.1. The molecule has 3 aromatic rings. The molecule has 1 amide bonds. The molecule has 0 aliphatic heterocycles. The highest BCUT2D eigenvalue weighted by molar-refractivity contribution is 5.92. The number of ether oxygens (including phenoxy) is 2.